The molecule has 1 heterocycles. The molecule has 0 saturated carbocycles. The number of rotatable bonds is 3. The van der Waals surface area contributed by atoms with Crippen LogP contribution in [0.4, 0.5) is 4.39 Å². The second kappa shape index (κ2) is 5.59. The van der Waals surface area contributed by atoms with Gasteiger partial charge < -0.3 is 5.32 Å². The third-order valence-corrected chi connectivity index (χ3v) is 5.45. The van der Waals surface area contributed by atoms with Crippen molar-refractivity contribution in [2.75, 3.05) is 11.5 Å². The highest BCUT2D eigenvalue weighted by molar-refractivity contribution is 7.91. The van der Waals surface area contributed by atoms with Crippen molar-refractivity contribution < 1.29 is 12.8 Å². The van der Waals surface area contributed by atoms with Crippen molar-refractivity contribution in [2.45, 2.75) is 38.8 Å². The minimum Gasteiger partial charge on any atom is -0.307 e. The van der Waals surface area contributed by atoms with E-state index >= 15 is 0 Å². The Morgan fingerprint density at radius 3 is 2.53 bits per heavy atom. The van der Waals surface area contributed by atoms with Gasteiger partial charge in [0.25, 0.3) is 0 Å². The summed E-state index contributed by atoms with van der Waals surface area (Å²) in [4.78, 5) is 0. The Labute approximate surface area is 114 Å². The van der Waals surface area contributed by atoms with Crippen LogP contribution < -0.4 is 5.32 Å². The normalized spacial score (nSPS) is 21.2. The molecule has 1 fully saturated rings. The van der Waals surface area contributed by atoms with Gasteiger partial charge in [0.1, 0.15) is 15.7 Å². The highest BCUT2D eigenvalue weighted by Gasteiger charge is 2.24. The number of aryl methyl sites for hydroxylation is 1. The first-order valence-corrected chi connectivity index (χ1v) is 8.42. The van der Waals surface area contributed by atoms with Crippen molar-refractivity contribution in [3.63, 3.8) is 0 Å². The predicted octanol–water partition coefficient (Wildman–Crippen LogP) is 2.36. The second-order valence-electron chi connectivity index (χ2n) is 5.32. The van der Waals surface area contributed by atoms with E-state index in [1.807, 2.05) is 13.0 Å². The van der Waals surface area contributed by atoms with Gasteiger partial charge in [0.05, 0.1) is 11.5 Å². The van der Waals surface area contributed by atoms with Gasteiger partial charge in [-0.25, -0.2) is 12.8 Å². The van der Waals surface area contributed by atoms with Crippen molar-refractivity contribution in [1.82, 2.24) is 5.32 Å². The summed E-state index contributed by atoms with van der Waals surface area (Å²) in [6, 6.07) is 5.46. The van der Waals surface area contributed by atoms with E-state index in [0.29, 0.717) is 18.4 Å². The van der Waals surface area contributed by atoms with E-state index in [9.17, 15) is 12.8 Å². The summed E-state index contributed by atoms with van der Waals surface area (Å²) in [6.45, 7) is 3.72. The van der Waals surface area contributed by atoms with Crippen LogP contribution in [0.25, 0.3) is 0 Å². The topological polar surface area (TPSA) is 46.2 Å². The Kier molecular flexibility index (Phi) is 4.26. The van der Waals surface area contributed by atoms with E-state index in [2.05, 4.69) is 5.32 Å². The first kappa shape index (κ1) is 14.5. The van der Waals surface area contributed by atoms with Crippen LogP contribution in [0.3, 0.4) is 0 Å². The third kappa shape index (κ3) is 3.76. The molecular formula is C14H20FNO2S. The van der Waals surface area contributed by atoms with E-state index in [1.54, 1.807) is 19.1 Å². The first-order chi connectivity index (χ1) is 8.87. The molecule has 0 aromatic heterocycles. The summed E-state index contributed by atoms with van der Waals surface area (Å²) < 4.78 is 36.2. The SMILES string of the molecule is Cc1ccc(C(C)NC2CCS(=O)(=O)CC2)cc1F. The molecule has 0 amide bonds. The number of nitrogens with one attached hydrogen (secondary N) is 1. The van der Waals surface area contributed by atoms with E-state index < -0.39 is 9.84 Å². The molecule has 1 aliphatic rings. The number of hydrogen-bond donors (Lipinski definition) is 1. The van der Waals surface area contributed by atoms with Crippen LogP contribution in [0.1, 0.15) is 36.9 Å². The maximum Gasteiger partial charge on any atom is 0.150 e. The Hall–Kier alpha value is -0.940. The van der Waals surface area contributed by atoms with Gasteiger partial charge >= 0.3 is 0 Å². The molecule has 1 N–H and O–H groups in total. The van der Waals surface area contributed by atoms with Crippen LogP contribution >= 0.6 is 0 Å². The fourth-order valence-corrected chi connectivity index (χ4v) is 3.88. The number of halogens is 1. The largest absolute Gasteiger partial charge is 0.307 e. The molecule has 19 heavy (non-hydrogen) atoms. The zero-order valence-electron chi connectivity index (χ0n) is 11.3. The van der Waals surface area contributed by atoms with E-state index in [4.69, 9.17) is 0 Å². The summed E-state index contributed by atoms with van der Waals surface area (Å²) in [7, 11) is -2.83. The molecule has 1 aliphatic heterocycles. The Balaban J connectivity index is 1.97. The van der Waals surface area contributed by atoms with Crippen LogP contribution in [0.15, 0.2) is 18.2 Å². The zero-order chi connectivity index (χ0) is 14.0. The van der Waals surface area contributed by atoms with Gasteiger partial charge in [-0.1, -0.05) is 12.1 Å². The molecule has 1 aromatic rings. The molecule has 5 heteroatoms. The molecular weight excluding hydrogens is 265 g/mol. The number of hydrogen-bond acceptors (Lipinski definition) is 3. The summed E-state index contributed by atoms with van der Waals surface area (Å²) in [5, 5.41) is 3.39. The summed E-state index contributed by atoms with van der Waals surface area (Å²) in [5.74, 6) is 0.302. The van der Waals surface area contributed by atoms with E-state index in [-0.39, 0.29) is 29.4 Å². The molecule has 0 radical (unpaired) electrons. The first-order valence-electron chi connectivity index (χ1n) is 6.60. The minimum atomic E-state index is -2.83. The Bertz CT molecular complexity index is 543. The zero-order valence-corrected chi connectivity index (χ0v) is 12.1. The molecule has 1 atom stereocenters. The average Bonchev–Trinajstić information content (AvgIpc) is 2.35. The van der Waals surface area contributed by atoms with Crippen molar-refractivity contribution in [3.8, 4) is 0 Å². The molecule has 1 saturated heterocycles. The highest BCUT2D eigenvalue weighted by atomic mass is 32.2. The van der Waals surface area contributed by atoms with Crippen molar-refractivity contribution in [3.05, 3.63) is 35.1 Å². The standard InChI is InChI=1S/C14H20FNO2S/c1-10-3-4-12(9-14(10)15)11(2)16-13-5-7-19(17,18)8-6-13/h3-4,9,11,13,16H,5-8H2,1-2H3. The molecule has 0 aliphatic carbocycles. The van der Waals surface area contributed by atoms with Crippen LogP contribution in [-0.4, -0.2) is 26.0 Å². The molecule has 106 valence electrons. The second-order valence-corrected chi connectivity index (χ2v) is 7.63. The third-order valence-electron chi connectivity index (χ3n) is 3.74. The number of sulfone groups is 1. The monoisotopic (exact) mass is 285 g/mol. The highest BCUT2D eigenvalue weighted by Crippen LogP contribution is 2.20. The molecule has 2 rings (SSSR count). The van der Waals surface area contributed by atoms with Crippen LogP contribution in [0.2, 0.25) is 0 Å². The summed E-state index contributed by atoms with van der Waals surface area (Å²) in [5.41, 5.74) is 1.54. The predicted molar refractivity (Wildman–Crippen MR) is 74.4 cm³/mol. The molecule has 1 aromatic carbocycles. The quantitative estimate of drug-likeness (QED) is 0.927. The van der Waals surface area contributed by atoms with Crippen molar-refractivity contribution in [1.29, 1.82) is 0 Å². The summed E-state index contributed by atoms with van der Waals surface area (Å²) in [6.07, 6.45) is 1.28. The van der Waals surface area contributed by atoms with Gasteiger partial charge in [-0.15, -0.1) is 0 Å². The van der Waals surface area contributed by atoms with E-state index in [0.717, 1.165) is 5.56 Å². The fraction of sp³-hybridized carbons (Fsp3) is 0.571. The molecule has 0 bridgehead atoms. The Morgan fingerprint density at radius 1 is 1.32 bits per heavy atom. The van der Waals surface area contributed by atoms with E-state index in [1.165, 1.54) is 0 Å². The van der Waals surface area contributed by atoms with Gasteiger partial charge in [-0.05, 0) is 43.9 Å². The minimum absolute atomic E-state index is 0.0286. The van der Waals surface area contributed by atoms with Crippen LogP contribution in [0, 0.1) is 12.7 Å². The maximum absolute atomic E-state index is 13.5. The number of benzene rings is 1. The van der Waals surface area contributed by atoms with Gasteiger partial charge in [-0.2, -0.15) is 0 Å². The molecule has 3 nitrogen and oxygen atoms in total. The fourth-order valence-electron chi connectivity index (χ4n) is 2.38. The van der Waals surface area contributed by atoms with Crippen molar-refractivity contribution in [2.24, 2.45) is 0 Å². The lowest BCUT2D eigenvalue weighted by molar-refractivity contribution is 0.419. The Morgan fingerprint density at radius 2 is 1.95 bits per heavy atom. The van der Waals surface area contributed by atoms with Gasteiger partial charge in [0.2, 0.25) is 0 Å². The maximum atomic E-state index is 13.5. The van der Waals surface area contributed by atoms with Gasteiger partial charge in [-0.3, -0.25) is 0 Å². The van der Waals surface area contributed by atoms with Crippen molar-refractivity contribution >= 4 is 9.84 Å². The molecule has 1 unspecified atom stereocenters. The van der Waals surface area contributed by atoms with Crippen LogP contribution in [0.5, 0.6) is 0 Å². The average molecular weight is 285 g/mol. The van der Waals surface area contributed by atoms with Gasteiger partial charge in [0.15, 0.2) is 0 Å². The van der Waals surface area contributed by atoms with Crippen LogP contribution in [-0.2, 0) is 9.84 Å². The lowest BCUT2D eigenvalue weighted by Crippen LogP contribution is -2.38. The summed E-state index contributed by atoms with van der Waals surface area (Å²) >= 11 is 0. The molecule has 0 spiro atoms. The lowest BCUT2D eigenvalue weighted by Gasteiger charge is -2.27. The van der Waals surface area contributed by atoms with Gasteiger partial charge in [0, 0.05) is 12.1 Å². The smallest absolute Gasteiger partial charge is 0.150 e. The lowest BCUT2D eigenvalue weighted by atomic mass is 10.0.